The van der Waals surface area contributed by atoms with Gasteiger partial charge in [0.1, 0.15) is 0 Å². The predicted molar refractivity (Wildman–Crippen MR) is 140 cm³/mol. The van der Waals surface area contributed by atoms with Gasteiger partial charge in [0.2, 0.25) is 0 Å². The molecule has 0 N–H and O–H groups in total. The molecule has 0 atom stereocenters. The van der Waals surface area contributed by atoms with Crippen LogP contribution in [-0.4, -0.2) is 0 Å². The molecule has 0 aliphatic carbocycles. The fourth-order valence-corrected chi connectivity index (χ4v) is 4.22. The van der Waals surface area contributed by atoms with Crippen LogP contribution in [0.4, 0.5) is 0 Å². The van der Waals surface area contributed by atoms with Crippen molar-refractivity contribution >= 4 is 17.8 Å². The van der Waals surface area contributed by atoms with E-state index in [1.165, 1.54) is 20.9 Å². The molecule has 1 aromatic rings. The van der Waals surface area contributed by atoms with Gasteiger partial charge < -0.3 is 0 Å². The lowest BCUT2D eigenvalue weighted by Crippen LogP contribution is -2.16. The Morgan fingerprint density at radius 3 is 1.42 bits per heavy atom. The van der Waals surface area contributed by atoms with Crippen molar-refractivity contribution < 1.29 is 4.42 Å². The maximum Gasteiger partial charge on any atom is 0.335 e. The number of rotatable bonds is 2. The molecule has 0 spiro atoms. The van der Waals surface area contributed by atoms with E-state index in [2.05, 4.69) is 126 Å². The Labute approximate surface area is 195 Å². The summed E-state index contributed by atoms with van der Waals surface area (Å²) in [5.74, 6) is 2.04. The summed E-state index contributed by atoms with van der Waals surface area (Å²) >= 11 is 1.93. The van der Waals surface area contributed by atoms with E-state index in [1.807, 2.05) is 11.8 Å². The zero-order valence-corrected chi connectivity index (χ0v) is 22.7. The van der Waals surface area contributed by atoms with Gasteiger partial charge >= 0.3 is 11.5 Å². The highest BCUT2D eigenvalue weighted by atomic mass is 32.2. The molecule has 1 aliphatic rings. The Morgan fingerprint density at radius 1 is 0.645 bits per heavy atom. The first kappa shape index (κ1) is 25.7. The Hall–Kier alpha value is -1.54. The largest absolute Gasteiger partial charge is 0.335 e. The predicted octanol–water partition coefficient (Wildman–Crippen LogP) is 9.70. The van der Waals surface area contributed by atoms with E-state index in [0.717, 1.165) is 11.5 Å². The second-order valence-corrected chi connectivity index (χ2v) is 13.8. The molecule has 0 saturated carbocycles. The van der Waals surface area contributed by atoms with Crippen LogP contribution < -0.4 is 0 Å². The third kappa shape index (κ3) is 7.24. The summed E-state index contributed by atoms with van der Waals surface area (Å²) in [6, 6.07) is 4.35. The maximum absolute atomic E-state index is 6.28. The van der Waals surface area contributed by atoms with E-state index in [4.69, 9.17) is 4.42 Å². The zero-order chi connectivity index (χ0) is 23.8. The molecular weight excluding hydrogens is 396 g/mol. The summed E-state index contributed by atoms with van der Waals surface area (Å²) in [6.45, 7) is 26.9. The Bertz CT molecular complexity index is 863. The summed E-state index contributed by atoms with van der Waals surface area (Å²) in [6.07, 6.45) is 11.3. The molecule has 0 bridgehead atoms. The van der Waals surface area contributed by atoms with Crippen LogP contribution in [0.25, 0.3) is 6.08 Å². The summed E-state index contributed by atoms with van der Waals surface area (Å²) in [4.78, 5) is 2.84. The molecule has 2 rings (SSSR count). The summed E-state index contributed by atoms with van der Waals surface area (Å²) in [5, 5.41) is 0. The standard InChI is InChI=1S/C29H43OS/c1-26(2,3)22-16-20(17-23(30-22)27(4,5)6)14-13-15-21-18-24(28(7,8)9)31-25(19-21)29(10,11)12/h13-19H,1-12H3/q+1. The van der Waals surface area contributed by atoms with E-state index >= 15 is 0 Å². The second-order valence-electron chi connectivity index (χ2n) is 12.8. The molecule has 0 fully saturated rings. The minimum Gasteiger partial charge on any atom is -0.217 e. The van der Waals surface area contributed by atoms with Crippen LogP contribution in [0.3, 0.4) is 0 Å². The highest BCUT2D eigenvalue weighted by Gasteiger charge is 2.33. The molecule has 31 heavy (non-hydrogen) atoms. The summed E-state index contributed by atoms with van der Waals surface area (Å²) < 4.78 is 6.28. The highest BCUT2D eigenvalue weighted by molar-refractivity contribution is 8.06. The monoisotopic (exact) mass is 439 g/mol. The minimum atomic E-state index is -0.0302. The molecular formula is C29H43OS+. The molecule has 0 radical (unpaired) electrons. The van der Waals surface area contributed by atoms with Gasteiger partial charge in [-0.15, -0.1) is 0 Å². The minimum absolute atomic E-state index is 0.0302. The lowest BCUT2D eigenvalue weighted by Gasteiger charge is -2.31. The molecule has 170 valence electrons. The average molecular weight is 440 g/mol. The zero-order valence-electron chi connectivity index (χ0n) is 21.9. The highest BCUT2D eigenvalue weighted by Crippen LogP contribution is 2.48. The molecule has 2 heterocycles. The first-order chi connectivity index (χ1) is 13.9. The van der Waals surface area contributed by atoms with E-state index in [1.54, 1.807) is 0 Å². The van der Waals surface area contributed by atoms with Crippen molar-refractivity contribution in [3.05, 3.63) is 68.9 Å². The smallest absolute Gasteiger partial charge is 0.217 e. The van der Waals surface area contributed by atoms with E-state index in [-0.39, 0.29) is 21.7 Å². The number of thioether (sulfide) groups is 1. The summed E-state index contributed by atoms with van der Waals surface area (Å²) in [5.41, 5.74) is 2.67. The second kappa shape index (κ2) is 8.77. The molecule has 1 nitrogen and oxygen atoms in total. The quantitative estimate of drug-likeness (QED) is 0.425. The van der Waals surface area contributed by atoms with Crippen molar-refractivity contribution in [2.45, 2.75) is 93.9 Å². The molecule has 1 aromatic heterocycles. The van der Waals surface area contributed by atoms with Crippen LogP contribution in [0, 0.1) is 10.8 Å². The van der Waals surface area contributed by atoms with Crippen molar-refractivity contribution in [3.8, 4) is 0 Å². The first-order valence-corrected chi connectivity index (χ1v) is 12.2. The normalized spacial score (nSPS) is 16.5. The number of allylic oxidation sites excluding steroid dienone is 7. The van der Waals surface area contributed by atoms with E-state index in [0.29, 0.717) is 0 Å². The molecule has 1 aliphatic heterocycles. The Balaban J connectivity index is 2.47. The van der Waals surface area contributed by atoms with Crippen molar-refractivity contribution in [3.63, 3.8) is 0 Å². The number of hydrogen-bond acceptors (Lipinski definition) is 1. The van der Waals surface area contributed by atoms with Crippen LogP contribution in [0.15, 0.2) is 56.2 Å². The van der Waals surface area contributed by atoms with Crippen LogP contribution in [0.1, 0.15) is 100 Å². The Morgan fingerprint density at radius 2 is 1.06 bits per heavy atom. The van der Waals surface area contributed by atoms with Crippen LogP contribution in [-0.2, 0) is 10.8 Å². The van der Waals surface area contributed by atoms with Gasteiger partial charge in [-0.1, -0.05) is 71.5 Å². The molecule has 0 aromatic carbocycles. The van der Waals surface area contributed by atoms with Gasteiger partial charge in [0, 0.05) is 12.1 Å². The van der Waals surface area contributed by atoms with E-state index in [9.17, 15) is 0 Å². The van der Waals surface area contributed by atoms with Gasteiger partial charge in [-0.2, -0.15) is 0 Å². The fraction of sp³-hybridized carbons (Fsp3) is 0.552. The molecule has 2 heteroatoms. The molecule has 0 saturated heterocycles. The first-order valence-electron chi connectivity index (χ1n) is 11.4. The molecule has 0 amide bonds. The molecule has 0 unspecified atom stereocenters. The number of hydrogen-bond donors (Lipinski definition) is 0. The maximum atomic E-state index is 6.28. The Kier molecular flexibility index (Phi) is 7.28. The van der Waals surface area contributed by atoms with Gasteiger partial charge in [0.05, 0.1) is 10.8 Å². The van der Waals surface area contributed by atoms with Gasteiger partial charge in [-0.3, -0.25) is 0 Å². The van der Waals surface area contributed by atoms with Gasteiger partial charge in [-0.25, -0.2) is 4.42 Å². The SMILES string of the molecule is CC(C)(C)C1=CC(=CC=Cc2cc(C(C)(C)C)[o+]c(C(C)(C)C)c2)C=C(C(C)(C)C)S1. The lowest BCUT2D eigenvalue weighted by atomic mass is 9.88. The lowest BCUT2D eigenvalue weighted by molar-refractivity contribution is 0.328. The third-order valence-electron chi connectivity index (χ3n) is 5.17. The van der Waals surface area contributed by atoms with Crippen molar-refractivity contribution in [2.75, 3.05) is 0 Å². The van der Waals surface area contributed by atoms with Gasteiger partial charge in [0.15, 0.2) is 0 Å². The van der Waals surface area contributed by atoms with Crippen LogP contribution in [0.5, 0.6) is 0 Å². The van der Waals surface area contributed by atoms with Crippen molar-refractivity contribution in [1.82, 2.24) is 0 Å². The fourth-order valence-electron chi connectivity index (χ4n) is 2.98. The van der Waals surface area contributed by atoms with E-state index < -0.39 is 0 Å². The van der Waals surface area contributed by atoms with Crippen molar-refractivity contribution in [1.29, 1.82) is 0 Å². The average Bonchev–Trinajstić information content (AvgIpc) is 2.58. The van der Waals surface area contributed by atoms with Gasteiger partial charge in [0.25, 0.3) is 0 Å². The van der Waals surface area contributed by atoms with Crippen LogP contribution in [0.2, 0.25) is 0 Å². The third-order valence-corrected chi connectivity index (χ3v) is 7.07. The van der Waals surface area contributed by atoms with Gasteiger partial charge in [-0.05, 0) is 85.5 Å². The summed E-state index contributed by atoms with van der Waals surface area (Å²) in [7, 11) is 0. The van der Waals surface area contributed by atoms with Crippen molar-refractivity contribution in [2.24, 2.45) is 10.8 Å². The van der Waals surface area contributed by atoms with Crippen LogP contribution >= 0.6 is 11.8 Å². The topological polar surface area (TPSA) is 11.3 Å².